The molecule has 0 spiro atoms. The standard InChI is InChI=1S/C18H25N3O2/c1-13-7-5-9-16(15(13)11-19)20-14-8-6-10-21(12-14)17(22)23-18(2,3)4/h5,7,9,14,20H,6,8,10,12H2,1-4H3. The lowest BCUT2D eigenvalue weighted by Gasteiger charge is -2.35. The maximum absolute atomic E-state index is 12.2. The topological polar surface area (TPSA) is 65.4 Å². The molecule has 1 atom stereocenters. The van der Waals surface area contributed by atoms with Crippen molar-refractivity contribution in [2.75, 3.05) is 18.4 Å². The molecule has 23 heavy (non-hydrogen) atoms. The van der Waals surface area contributed by atoms with Gasteiger partial charge in [-0.2, -0.15) is 5.26 Å². The lowest BCUT2D eigenvalue weighted by molar-refractivity contribution is 0.0206. The first-order valence-electron chi connectivity index (χ1n) is 8.04. The van der Waals surface area contributed by atoms with E-state index in [0.717, 1.165) is 24.1 Å². The number of hydrogen-bond donors (Lipinski definition) is 1. The number of carbonyl (C=O) groups excluding carboxylic acids is 1. The number of amides is 1. The van der Waals surface area contributed by atoms with Crippen LogP contribution in [0.3, 0.4) is 0 Å². The fraction of sp³-hybridized carbons (Fsp3) is 0.556. The second-order valence-electron chi connectivity index (χ2n) is 7.02. The molecule has 5 heteroatoms. The normalized spacial score (nSPS) is 18.2. The predicted octanol–water partition coefficient (Wildman–Crippen LogP) is 3.68. The van der Waals surface area contributed by atoms with Gasteiger partial charge in [0.2, 0.25) is 0 Å². The van der Waals surface area contributed by atoms with Crippen molar-refractivity contribution in [3.63, 3.8) is 0 Å². The summed E-state index contributed by atoms with van der Waals surface area (Å²) in [6.07, 6.45) is 1.62. The van der Waals surface area contributed by atoms with Crippen LogP contribution in [-0.4, -0.2) is 35.7 Å². The Labute approximate surface area is 138 Å². The molecule has 1 N–H and O–H groups in total. The summed E-state index contributed by atoms with van der Waals surface area (Å²) in [5.41, 5.74) is 1.98. The van der Waals surface area contributed by atoms with E-state index in [0.29, 0.717) is 18.7 Å². The molecule has 124 valence electrons. The number of likely N-dealkylation sites (tertiary alicyclic amines) is 1. The number of hydrogen-bond acceptors (Lipinski definition) is 4. The summed E-state index contributed by atoms with van der Waals surface area (Å²) in [7, 11) is 0. The Morgan fingerprint density at radius 1 is 1.43 bits per heavy atom. The van der Waals surface area contributed by atoms with Gasteiger partial charge in [-0.25, -0.2) is 4.79 Å². The number of nitriles is 1. The predicted molar refractivity (Wildman–Crippen MR) is 90.3 cm³/mol. The van der Waals surface area contributed by atoms with Crippen LogP contribution in [0.1, 0.15) is 44.7 Å². The average molecular weight is 315 g/mol. The van der Waals surface area contributed by atoms with Crippen molar-refractivity contribution in [1.82, 2.24) is 4.90 Å². The molecular formula is C18H25N3O2. The van der Waals surface area contributed by atoms with Gasteiger partial charge in [0.1, 0.15) is 11.7 Å². The first kappa shape index (κ1) is 17.1. The highest BCUT2D eigenvalue weighted by Gasteiger charge is 2.27. The van der Waals surface area contributed by atoms with E-state index in [1.54, 1.807) is 4.90 Å². The van der Waals surface area contributed by atoms with Crippen LogP contribution in [0, 0.1) is 18.3 Å². The minimum atomic E-state index is -0.484. The summed E-state index contributed by atoms with van der Waals surface area (Å²) < 4.78 is 5.45. The maximum atomic E-state index is 12.2. The maximum Gasteiger partial charge on any atom is 0.410 e. The van der Waals surface area contributed by atoms with Gasteiger partial charge in [0.15, 0.2) is 0 Å². The Morgan fingerprint density at radius 2 is 2.17 bits per heavy atom. The van der Waals surface area contributed by atoms with E-state index in [4.69, 9.17) is 4.74 Å². The minimum absolute atomic E-state index is 0.130. The van der Waals surface area contributed by atoms with E-state index in [-0.39, 0.29) is 12.1 Å². The molecule has 1 saturated heterocycles. The molecule has 1 amide bonds. The summed E-state index contributed by atoms with van der Waals surface area (Å²) in [4.78, 5) is 14.0. The van der Waals surface area contributed by atoms with Crippen LogP contribution in [0.25, 0.3) is 0 Å². The number of ether oxygens (including phenoxy) is 1. The van der Waals surface area contributed by atoms with Gasteiger partial charge in [0.05, 0.1) is 11.3 Å². The second-order valence-corrected chi connectivity index (χ2v) is 7.02. The van der Waals surface area contributed by atoms with E-state index < -0.39 is 5.60 Å². The lowest BCUT2D eigenvalue weighted by Crippen LogP contribution is -2.47. The number of benzene rings is 1. The van der Waals surface area contributed by atoms with Gasteiger partial charge in [-0.05, 0) is 52.2 Å². The number of nitrogens with one attached hydrogen (secondary N) is 1. The Kier molecular flexibility index (Phi) is 5.15. The van der Waals surface area contributed by atoms with Gasteiger partial charge in [-0.3, -0.25) is 0 Å². The van der Waals surface area contributed by atoms with Crippen molar-refractivity contribution in [2.45, 2.75) is 52.2 Å². The van der Waals surface area contributed by atoms with Crippen LogP contribution in [0.4, 0.5) is 10.5 Å². The summed E-state index contributed by atoms with van der Waals surface area (Å²) in [6, 6.07) is 8.16. The van der Waals surface area contributed by atoms with E-state index >= 15 is 0 Å². The monoisotopic (exact) mass is 315 g/mol. The molecule has 0 bridgehead atoms. The highest BCUT2D eigenvalue weighted by molar-refractivity contribution is 5.68. The molecule has 1 aromatic rings. The molecule has 2 rings (SSSR count). The molecular weight excluding hydrogens is 290 g/mol. The number of aryl methyl sites for hydroxylation is 1. The van der Waals surface area contributed by atoms with Crippen molar-refractivity contribution >= 4 is 11.8 Å². The molecule has 1 aliphatic heterocycles. The summed E-state index contributed by atoms with van der Waals surface area (Å²) in [5.74, 6) is 0. The third-order valence-corrected chi connectivity index (χ3v) is 3.82. The van der Waals surface area contributed by atoms with Crippen LogP contribution >= 0.6 is 0 Å². The molecule has 1 unspecified atom stereocenters. The van der Waals surface area contributed by atoms with Crippen molar-refractivity contribution < 1.29 is 9.53 Å². The number of nitrogens with zero attached hydrogens (tertiary/aromatic N) is 2. The summed E-state index contributed by atoms with van der Waals surface area (Å²) >= 11 is 0. The number of piperidine rings is 1. The third-order valence-electron chi connectivity index (χ3n) is 3.82. The van der Waals surface area contributed by atoms with E-state index in [2.05, 4.69) is 11.4 Å². The molecule has 0 aliphatic carbocycles. The highest BCUT2D eigenvalue weighted by atomic mass is 16.6. The number of carbonyl (C=O) groups is 1. The Bertz CT molecular complexity index is 614. The zero-order valence-corrected chi connectivity index (χ0v) is 14.3. The fourth-order valence-corrected chi connectivity index (χ4v) is 2.74. The van der Waals surface area contributed by atoms with E-state index in [9.17, 15) is 10.1 Å². The molecule has 1 heterocycles. The summed E-state index contributed by atoms with van der Waals surface area (Å²) in [6.45, 7) is 8.85. The summed E-state index contributed by atoms with van der Waals surface area (Å²) in [5, 5.41) is 12.7. The van der Waals surface area contributed by atoms with Crippen LogP contribution in [0.5, 0.6) is 0 Å². The number of rotatable bonds is 2. The van der Waals surface area contributed by atoms with Gasteiger partial charge >= 0.3 is 6.09 Å². The molecule has 0 saturated carbocycles. The van der Waals surface area contributed by atoms with Gasteiger partial charge in [-0.15, -0.1) is 0 Å². The zero-order valence-electron chi connectivity index (χ0n) is 14.3. The molecule has 1 aliphatic rings. The zero-order chi connectivity index (χ0) is 17.0. The first-order valence-corrected chi connectivity index (χ1v) is 8.04. The smallest absolute Gasteiger partial charge is 0.410 e. The average Bonchev–Trinajstić information content (AvgIpc) is 2.46. The molecule has 5 nitrogen and oxygen atoms in total. The molecule has 1 fully saturated rings. The van der Waals surface area contributed by atoms with E-state index in [1.807, 2.05) is 45.9 Å². The first-order chi connectivity index (χ1) is 10.8. The van der Waals surface area contributed by atoms with Gasteiger partial charge in [0, 0.05) is 19.1 Å². The van der Waals surface area contributed by atoms with Crippen molar-refractivity contribution in [3.05, 3.63) is 29.3 Å². The Hall–Kier alpha value is -2.22. The van der Waals surface area contributed by atoms with Crippen LogP contribution in [0.2, 0.25) is 0 Å². The second kappa shape index (κ2) is 6.91. The lowest BCUT2D eigenvalue weighted by atomic mass is 10.0. The third kappa shape index (κ3) is 4.62. The largest absolute Gasteiger partial charge is 0.444 e. The SMILES string of the molecule is Cc1cccc(NC2CCCN(C(=O)OC(C)(C)C)C2)c1C#N. The van der Waals surface area contributed by atoms with Gasteiger partial charge in [-0.1, -0.05) is 12.1 Å². The van der Waals surface area contributed by atoms with Crippen LogP contribution in [-0.2, 0) is 4.74 Å². The molecule has 0 radical (unpaired) electrons. The van der Waals surface area contributed by atoms with Crippen molar-refractivity contribution in [1.29, 1.82) is 5.26 Å². The minimum Gasteiger partial charge on any atom is -0.444 e. The van der Waals surface area contributed by atoms with Crippen molar-refractivity contribution in [2.24, 2.45) is 0 Å². The quantitative estimate of drug-likeness (QED) is 0.904. The number of anilines is 1. The fourth-order valence-electron chi connectivity index (χ4n) is 2.74. The highest BCUT2D eigenvalue weighted by Crippen LogP contribution is 2.23. The Morgan fingerprint density at radius 3 is 2.83 bits per heavy atom. The van der Waals surface area contributed by atoms with Crippen molar-refractivity contribution in [3.8, 4) is 6.07 Å². The van der Waals surface area contributed by atoms with Crippen LogP contribution in [0.15, 0.2) is 18.2 Å². The van der Waals surface area contributed by atoms with Gasteiger partial charge in [0.25, 0.3) is 0 Å². The molecule has 0 aromatic heterocycles. The Balaban J connectivity index is 2.04. The van der Waals surface area contributed by atoms with Gasteiger partial charge < -0.3 is 15.0 Å². The van der Waals surface area contributed by atoms with Crippen LogP contribution < -0.4 is 5.32 Å². The van der Waals surface area contributed by atoms with E-state index in [1.165, 1.54) is 0 Å². The molecule has 1 aromatic carbocycles.